The number of aliphatic hydroxyl groups is 1. The van der Waals surface area contributed by atoms with Crippen molar-refractivity contribution in [1.82, 2.24) is 0 Å². The topological polar surface area (TPSA) is 46.2 Å². The monoisotopic (exact) mass is 343 g/mol. The van der Waals surface area contributed by atoms with Gasteiger partial charge in [-0.2, -0.15) is 0 Å². The van der Waals surface area contributed by atoms with Gasteiger partial charge in [0, 0.05) is 16.4 Å². The van der Waals surface area contributed by atoms with Crippen LogP contribution in [0.1, 0.15) is 50.7 Å². The molecule has 3 N–H and O–H groups in total. The zero-order chi connectivity index (χ0) is 14.8. The quantitative estimate of drug-likeness (QED) is 0.861. The van der Waals surface area contributed by atoms with Gasteiger partial charge in [-0.05, 0) is 55.4 Å². The summed E-state index contributed by atoms with van der Waals surface area (Å²) in [6.45, 7) is 2.65. The minimum absolute atomic E-state index is 0.317. The molecule has 0 radical (unpaired) electrons. The van der Waals surface area contributed by atoms with Gasteiger partial charge in [0.2, 0.25) is 0 Å². The lowest BCUT2D eigenvalue weighted by atomic mass is 9.65. The van der Waals surface area contributed by atoms with Crippen molar-refractivity contribution < 1.29 is 9.50 Å². The fourth-order valence-corrected chi connectivity index (χ4v) is 3.77. The van der Waals surface area contributed by atoms with Crippen LogP contribution in [-0.4, -0.2) is 11.7 Å². The molecule has 1 aliphatic rings. The number of hydrogen-bond donors (Lipinski definition) is 2. The second-order valence-corrected chi connectivity index (χ2v) is 6.84. The lowest BCUT2D eigenvalue weighted by Gasteiger charge is -2.43. The average molecular weight is 344 g/mol. The van der Waals surface area contributed by atoms with Crippen molar-refractivity contribution in [3.63, 3.8) is 0 Å². The molecular formula is C16H23BrFNO. The van der Waals surface area contributed by atoms with E-state index in [0.717, 1.165) is 36.1 Å². The van der Waals surface area contributed by atoms with Crippen LogP contribution in [0.25, 0.3) is 0 Å². The second-order valence-electron chi connectivity index (χ2n) is 5.99. The fourth-order valence-electron chi connectivity index (χ4n) is 3.30. The summed E-state index contributed by atoms with van der Waals surface area (Å²) in [6.07, 6.45) is 4.48. The first kappa shape index (κ1) is 15.9. The molecule has 0 heterocycles. The Morgan fingerprint density at radius 3 is 2.65 bits per heavy atom. The van der Waals surface area contributed by atoms with E-state index in [-0.39, 0.29) is 11.2 Å². The van der Waals surface area contributed by atoms with Crippen molar-refractivity contribution >= 4 is 15.9 Å². The standard InChI is InChI=1S/C16H23BrFNO/c1-2-11-5-7-16(10-19,8-6-11)15(20)13-9-12(18)3-4-14(13)17/h3-4,9,11,15,20H,2,5-8,10,19H2,1H3. The van der Waals surface area contributed by atoms with Crippen molar-refractivity contribution in [3.8, 4) is 0 Å². The Labute approximate surface area is 128 Å². The van der Waals surface area contributed by atoms with Gasteiger partial charge in [-0.15, -0.1) is 0 Å². The summed E-state index contributed by atoms with van der Waals surface area (Å²) in [5, 5.41) is 10.8. The molecular weight excluding hydrogens is 321 g/mol. The Hall–Kier alpha value is -0.450. The summed E-state index contributed by atoms with van der Waals surface area (Å²) in [5.74, 6) is 0.412. The molecule has 0 spiro atoms. The van der Waals surface area contributed by atoms with Crippen LogP contribution in [0.3, 0.4) is 0 Å². The minimum atomic E-state index is -0.713. The molecule has 2 nitrogen and oxygen atoms in total. The maximum atomic E-state index is 13.5. The van der Waals surface area contributed by atoms with Crippen molar-refractivity contribution in [3.05, 3.63) is 34.1 Å². The zero-order valence-electron chi connectivity index (χ0n) is 11.9. The van der Waals surface area contributed by atoms with E-state index in [1.807, 2.05) is 0 Å². The lowest BCUT2D eigenvalue weighted by Crippen LogP contribution is -2.40. The Balaban J connectivity index is 2.25. The first-order chi connectivity index (χ1) is 9.52. The summed E-state index contributed by atoms with van der Waals surface area (Å²) < 4.78 is 14.2. The molecule has 2 rings (SSSR count). The van der Waals surface area contributed by atoms with E-state index < -0.39 is 6.10 Å². The highest BCUT2D eigenvalue weighted by atomic mass is 79.9. The highest BCUT2D eigenvalue weighted by Gasteiger charge is 2.41. The van der Waals surface area contributed by atoms with Crippen LogP contribution in [0, 0.1) is 17.2 Å². The molecule has 1 saturated carbocycles. The highest BCUT2D eigenvalue weighted by molar-refractivity contribution is 9.10. The first-order valence-electron chi connectivity index (χ1n) is 7.35. The normalized spacial score (nSPS) is 28.4. The minimum Gasteiger partial charge on any atom is -0.388 e. The number of aliphatic hydroxyl groups excluding tert-OH is 1. The van der Waals surface area contributed by atoms with Crippen LogP contribution in [0.4, 0.5) is 4.39 Å². The molecule has 1 aromatic carbocycles. The van der Waals surface area contributed by atoms with Gasteiger partial charge in [0.15, 0.2) is 0 Å². The van der Waals surface area contributed by atoms with E-state index in [1.165, 1.54) is 18.6 Å². The molecule has 0 aliphatic heterocycles. The Morgan fingerprint density at radius 2 is 2.10 bits per heavy atom. The second kappa shape index (κ2) is 6.54. The maximum absolute atomic E-state index is 13.5. The number of benzene rings is 1. The molecule has 1 aliphatic carbocycles. The van der Waals surface area contributed by atoms with E-state index in [9.17, 15) is 9.50 Å². The SMILES string of the molecule is CCC1CCC(CN)(C(O)c2cc(F)ccc2Br)CC1. The Bertz CT molecular complexity index is 458. The van der Waals surface area contributed by atoms with Crippen molar-refractivity contribution in [2.75, 3.05) is 6.54 Å². The van der Waals surface area contributed by atoms with Crippen molar-refractivity contribution in [1.29, 1.82) is 0 Å². The molecule has 0 saturated heterocycles. The maximum Gasteiger partial charge on any atom is 0.123 e. The van der Waals surface area contributed by atoms with Gasteiger partial charge in [0.05, 0.1) is 6.10 Å². The van der Waals surface area contributed by atoms with E-state index in [2.05, 4.69) is 22.9 Å². The number of nitrogens with two attached hydrogens (primary N) is 1. The predicted molar refractivity (Wildman–Crippen MR) is 82.8 cm³/mol. The van der Waals surface area contributed by atoms with E-state index in [4.69, 9.17) is 5.73 Å². The Morgan fingerprint density at radius 1 is 1.45 bits per heavy atom. The third-order valence-electron chi connectivity index (χ3n) is 4.92. The van der Waals surface area contributed by atoms with Gasteiger partial charge in [0.25, 0.3) is 0 Å². The van der Waals surface area contributed by atoms with E-state index >= 15 is 0 Å². The number of rotatable bonds is 4. The van der Waals surface area contributed by atoms with Crippen LogP contribution < -0.4 is 5.73 Å². The van der Waals surface area contributed by atoms with Gasteiger partial charge in [-0.1, -0.05) is 29.3 Å². The van der Waals surface area contributed by atoms with E-state index in [0.29, 0.717) is 12.1 Å². The summed E-state index contributed by atoms with van der Waals surface area (Å²) in [4.78, 5) is 0. The lowest BCUT2D eigenvalue weighted by molar-refractivity contribution is -0.0109. The summed E-state index contributed by atoms with van der Waals surface area (Å²) >= 11 is 3.41. The fraction of sp³-hybridized carbons (Fsp3) is 0.625. The molecule has 0 bridgehead atoms. The molecule has 1 atom stereocenters. The summed E-state index contributed by atoms with van der Waals surface area (Å²) in [5.41, 5.74) is 6.28. The molecule has 0 aromatic heterocycles. The van der Waals surface area contributed by atoms with Crippen LogP contribution in [-0.2, 0) is 0 Å². The van der Waals surface area contributed by atoms with Crippen molar-refractivity contribution in [2.45, 2.75) is 45.1 Å². The summed E-state index contributed by atoms with van der Waals surface area (Å²) in [7, 11) is 0. The first-order valence-corrected chi connectivity index (χ1v) is 8.15. The van der Waals surface area contributed by atoms with Gasteiger partial charge < -0.3 is 10.8 Å². The number of halogens is 2. The van der Waals surface area contributed by atoms with Crippen molar-refractivity contribution in [2.24, 2.45) is 17.1 Å². The van der Waals surface area contributed by atoms with E-state index in [1.54, 1.807) is 6.07 Å². The summed E-state index contributed by atoms with van der Waals surface area (Å²) in [6, 6.07) is 4.46. The zero-order valence-corrected chi connectivity index (χ0v) is 13.5. The van der Waals surface area contributed by atoms with Crippen LogP contribution >= 0.6 is 15.9 Å². The molecule has 112 valence electrons. The molecule has 1 unspecified atom stereocenters. The highest BCUT2D eigenvalue weighted by Crippen LogP contribution is 2.48. The molecule has 0 amide bonds. The largest absolute Gasteiger partial charge is 0.388 e. The number of hydrogen-bond acceptors (Lipinski definition) is 2. The van der Waals surface area contributed by atoms with Crippen LogP contribution in [0.5, 0.6) is 0 Å². The third kappa shape index (κ3) is 3.07. The molecule has 1 fully saturated rings. The Kier molecular flexibility index (Phi) is 5.21. The van der Waals surface area contributed by atoms with Crippen LogP contribution in [0.15, 0.2) is 22.7 Å². The molecule has 4 heteroatoms. The van der Waals surface area contributed by atoms with Gasteiger partial charge >= 0.3 is 0 Å². The smallest absolute Gasteiger partial charge is 0.123 e. The van der Waals surface area contributed by atoms with Gasteiger partial charge in [-0.25, -0.2) is 4.39 Å². The van der Waals surface area contributed by atoms with Crippen LogP contribution in [0.2, 0.25) is 0 Å². The molecule has 1 aromatic rings. The molecule has 20 heavy (non-hydrogen) atoms. The van der Waals surface area contributed by atoms with Gasteiger partial charge in [0.1, 0.15) is 5.82 Å². The third-order valence-corrected chi connectivity index (χ3v) is 5.64. The average Bonchev–Trinajstić information content (AvgIpc) is 2.49. The van der Waals surface area contributed by atoms with Gasteiger partial charge in [-0.3, -0.25) is 0 Å². The predicted octanol–water partition coefficient (Wildman–Crippen LogP) is 4.17.